The summed E-state index contributed by atoms with van der Waals surface area (Å²) in [5.74, 6) is 0.825. The minimum atomic E-state index is -0.0855. The van der Waals surface area contributed by atoms with Crippen LogP contribution in [0.1, 0.15) is 12.3 Å². The first-order chi connectivity index (χ1) is 11.8. The number of rotatable bonds is 6. The summed E-state index contributed by atoms with van der Waals surface area (Å²) in [5, 5.41) is 6.83. The molecule has 0 aliphatic heterocycles. The molecule has 1 amide bonds. The van der Waals surface area contributed by atoms with E-state index in [9.17, 15) is 4.79 Å². The van der Waals surface area contributed by atoms with E-state index in [1.165, 1.54) is 0 Å². The highest BCUT2D eigenvalue weighted by Crippen LogP contribution is 2.24. The van der Waals surface area contributed by atoms with Gasteiger partial charge in [0.1, 0.15) is 0 Å². The second-order valence-electron chi connectivity index (χ2n) is 5.00. The quantitative estimate of drug-likeness (QED) is 0.693. The van der Waals surface area contributed by atoms with Crippen LogP contribution in [0.5, 0.6) is 0 Å². The van der Waals surface area contributed by atoms with Gasteiger partial charge in [-0.15, -0.1) is 11.8 Å². The SMILES string of the molecule is CSc1ccccc1NC(=O)CCc1nc(-c2cccnc2)no1. The lowest BCUT2D eigenvalue weighted by molar-refractivity contribution is -0.116. The maximum atomic E-state index is 12.1. The lowest BCUT2D eigenvalue weighted by Crippen LogP contribution is -2.13. The van der Waals surface area contributed by atoms with Crippen molar-refractivity contribution in [1.82, 2.24) is 15.1 Å². The predicted octanol–water partition coefficient (Wildman–Crippen LogP) is 3.42. The Hall–Kier alpha value is -2.67. The number of carbonyl (C=O) groups excluding carboxylic acids is 1. The Morgan fingerprint density at radius 2 is 2.12 bits per heavy atom. The monoisotopic (exact) mass is 340 g/mol. The second-order valence-corrected chi connectivity index (χ2v) is 5.85. The number of hydrogen-bond acceptors (Lipinski definition) is 6. The van der Waals surface area contributed by atoms with Crippen LogP contribution in [-0.2, 0) is 11.2 Å². The zero-order valence-electron chi connectivity index (χ0n) is 13.1. The molecule has 2 heterocycles. The molecule has 0 atom stereocenters. The molecular formula is C17H16N4O2S. The molecule has 0 spiro atoms. The Bertz CT molecular complexity index is 820. The number of para-hydroxylation sites is 1. The zero-order chi connectivity index (χ0) is 16.8. The first-order valence-electron chi connectivity index (χ1n) is 7.42. The summed E-state index contributed by atoms with van der Waals surface area (Å²) in [7, 11) is 0. The Kier molecular flexibility index (Phi) is 5.22. The number of thioether (sulfide) groups is 1. The maximum Gasteiger partial charge on any atom is 0.227 e. The van der Waals surface area contributed by atoms with Crippen molar-refractivity contribution in [2.75, 3.05) is 11.6 Å². The molecule has 3 aromatic rings. The van der Waals surface area contributed by atoms with Crippen LogP contribution in [0.2, 0.25) is 0 Å². The van der Waals surface area contributed by atoms with Gasteiger partial charge in [-0.3, -0.25) is 9.78 Å². The Balaban J connectivity index is 1.58. The number of aromatic nitrogens is 3. The first kappa shape index (κ1) is 16.2. The fourth-order valence-corrected chi connectivity index (χ4v) is 2.70. The van der Waals surface area contributed by atoms with Gasteiger partial charge in [-0.2, -0.15) is 4.98 Å². The summed E-state index contributed by atoms with van der Waals surface area (Å²) in [6.45, 7) is 0. The van der Waals surface area contributed by atoms with E-state index in [1.54, 1.807) is 24.2 Å². The number of benzene rings is 1. The van der Waals surface area contributed by atoms with Gasteiger partial charge < -0.3 is 9.84 Å². The molecule has 3 rings (SSSR count). The van der Waals surface area contributed by atoms with Gasteiger partial charge >= 0.3 is 0 Å². The van der Waals surface area contributed by atoms with E-state index in [1.807, 2.05) is 42.7 Å². The van der Waals surface area contributed by atoms with Gasteiger partial charge in [0.25, 0.3) is 0 Å². The third-order valence-electron chi connectivity index (χ3n) is 3.33. The lowest BCUT2D eigenvalue weighted by atomic mass is 10.2. The summed E-state index contributed by atoms with van der Waals surface area (Å²) in [6.07, 6.45) is 5.99. The van der Waals surface area contributed by atoms with E-state index in [0.717, 1.165) is 16.1 Å². The lowest BCUT2D eigenvalue weighted by Gasteiger charge is -2.08. The van der Waals surface area contributed by atoms with E-state index >= 15 is 0 Å². The van der Waals surface area contributed by atoms with E-state index in [4.69, 9.17) is 4.52 Å². The fourth-order valence-electron chi connectivity index (χ4n) is 2.15. The zero-order valence-corrected chi connectivity index (χ0v) is 13.9. The van der Waals surface area contributed by atoms with Gasteiger partial charge in [-0.05, 0) is 30.5 Å². The molecule has 1 N–H and O–H groups in total. The molecule has 1 aromatic carbocycles. The number of nitrogens with zero attached hydrogens (tertiary/aromatic N) is 3. The summed E-state index contributed by atoms with van der Waals surface area (Å²) in [6, 6.07) is 11.4. The Morgan fingerprint density at radius 3 is 2.92 bits per heavy atom. The highest BCUT2D eigenvalue weighted by molar-refractivity contribution is 7.98. The van der Waals surface area contributed by atoms with Crippen LogP contribution in [0.3, 0.4) is 0 Å². The average molecular weight is 340 g/mol. The minimum absolute atomic E-state index is 0.0855. The van der Waals surface area contributed by atoms with Crippen molar-refractivity contribution in [3.63, 3.8) is 0 Å². The van der Waals surface area contributed by atoms with E-state index in [2.05, 4.69) is 20.4 Å². The average Bonchev–Trinajstić information content (AvgIpc) is 3.10. The summed E-state index contributed by atoms with van der Waals surface area (Å²) < 4.78 is 5.19. The largest absolute Gasteiger partial charge is 0.339 e. The molecule has 24 heavy (non-hydrogen) atoms. The van der Waals surface area contributed by atoms with Gasteiger partial charge in [0.2, 0.25) is 17.6 Å². The van der Waals surface area contributed by atoms with E-state index < -0.39 is 0 Å². The van der Waals surface area contributed by atoms with Crippen LogP contribution in [0.15, 0.2) is 58.2 Å². The molecule has 6 nitrogen and oxygen atoms in total. The molecule has 0 saturated heterocycles. The number of carbonyl (C=O) groups is 1. The standard InChI is InChI=1S/C17H16N4O2S/c1-24-14-7-3-2-6-13(14)19-15(22)8-9-16-20-17(21-23-16)12-5-4-10-18-11-12/h2-7,10-11H,8-9H2,1H3,(H,19,22). The summed E-state index contributed by atoms with van der Waals surface area (Å²) in [4.78, 5) is 21.5. The van der Waals surface area contributed by atoms with E-state index in [-0.39, 0.29) is 12.3 Å². The van der Waals surface area contributed by atoms with Crippen molar-refractivity contribution >= 4 is 23.4 Å². The molecule has 7 heteroatoms. The molecule has 0 aliphatic carbocycles. The second kappa shape index (κ2) is 7.74. The molecule has 0 saturated carbocycles. The van der Waals surface area contributed by atoms with Crippen molar-refractivity contribution in [3.05, 3.63) is 54.7 Å². The van der Waals surface area contributed by atoms with Crippen LogP contribution in [-0.4, -0.2) is 27.3 Å². The molecular weight excluding hydrogens is 324 g/mol. The number of aryl methyl sites for hydroxylation is 1. The summed E-state index contributed by atoms with van der Waals surface area (Å²) >= 11 is 1.59. The third-order valence-corrected chi connectivity index (χ3v) is 4.13. The highest BCUT2D eigenvalue weighted by Gasteiger charge is 2.11. The molecule has 0 unspecified atom stereocenters. The fraction of sp³-hybridized carbons (Fsp3) is 0.176. The Morgan fingerprint density at radius 1 is 1.25 bits per heavy atom. The van der Waals surface area contributed by atoms with E-state index in [0.29, 0.717) is 18.1 Å². The van der Waals surface area contributed by atoms with Gasteiger partial charge in [-0.1, -0.05) is 17.3 Å². The van der Waals surface area contributed by atoms with Gasteiger partial charge in [-0.25, -0.2) is 0 Å². The number of pyridine rings is 1. The molecule has 0 aliphatic rings. The predicted molar refractivity (Wildman–Crippen MR) is 92.7 cm³/mol. The smallest absolute Gasteiger partial charge is 0.227 e. The minimum Gasteiger partial charge on any atom is -0.339 e. The van der Waals surface area contributed by atoms with Crippen molar-refractivity contribution < 1.29 is 9.32 Å². The van der Waals surface area contributed by atoms with Crippen LogP contribution in [0.4, 0.5) is 5.69 Å². The third kappa shape index (κ3) is 3.99. The maximum absolute atomic E-state index is 12.1. The number of anilines is 1. The van der Waals surface area contributed by atoms with Crippen molar-refractivity contribution in [2.45, 2.75) is 17.7 Å². The van der Waals surface area contributed by atoms with Crippen molar-refractivity contribution in [3.8, 4) is 11.4 Å². The molecule has 0 radical (unpaired) electrons. The van der Waals surface area contributed by atoms with Crippen LogP contribution >= 0.6 is 11.8 Å². The number of nitrogens with one attached hydrogen (secondary N) is 1. The Labute approximate surface area is 143 Å². The van der Waals surface area contributed by atoms with Gasteiger partial charge in [0, 0.05) is 35.7 Å². The molecule has 0 fully saturated rings. The van der Waals surface area contributed by atoms with Gasteiger partial charge in [0.05, 0.1) is 5.69 Å². The topological polar surface area (TPSA) is 80.9 Å². The molecule has 122 valence electrons. The van der Waals surface area contributed by atoms with Crippen molar-refractivity contribution in [1.29, 1.82) is 0 Å². The van der Waals surface area contributed by atoms with Crippen LogP contribution in [0, 0.1) is 0 Å². The normalized spacial score (nSPS) is 10.5. The first-order valence-corrected chi connectivity index (χ1v) is 8.64. The molecule has 2 aromatic heterocycles. The van der Waals surface area contributed by atoms with Crippen LogP contribution in [0.25, 0.3) is 11.4 Å². The summed E-state index contributed by atoms with van der Waals surface area (Å²) in [5.41, 5.74) is 1.60. The van der Waals surface area contributed by atoms with Crippen molar-refractivity contribution in [2.24, 2.45) is 0 Å². The van der Waals surface area contributed by atoms with Gasteiger partial charge in [0.15, 0.2) is 0 Å². The molecule has 0 bridgehead atoms. The number of hydrogen-bond donors (Lipinski definition) is 1. The van der Waals surface area contributed by atoms with Crippen LogP contribution < -0.4 is 5.32 Å². The highest BCUT2D eigenvalue weighted by atomic mass is 32.2. The number of amides is 1.